The molecule has 0 spiro atoms. The van der Waals surface area contributed by atoms with E-state index in [1.807, 2.05) is 18.2 Å². The van der Waals surface area contributed by atoms with Gasteiger partial charge in [0.15, 0.2) is 0 Å². The van der Waals surface area contributed by atoms with Gasteiger partial charge in [0, 0.05) is 6.42 Å². The monoisotopic (exact) mass is 262 g/mol. The molecule has 0 amide bonds. The van der Waals surface area contributed by atoms with Crippen LogP contribution in [0.4, 0.5) is 0 Å². The molecule has 2 rings (SSSR count). The third-order valence-electron chi connectivity index (χ3n) is 2.39. The molecule has 2 aromatic rings. The highest BCUT2D eigenvalue weighted by Crippen LogP contribution is 2.13. The Morgan fingerprint density at radius 2 is 2.00 bits per heavy atom. The summed E-state index contributed by atoms with van der Waals surface area (Å²) in [4.78, 5) is 11.4. The number of benzene rings is 1. The summed E-state index contributed by atoms with van der Waals surface area (Å²) in [7, 11) is 0. The van der Waals surface area contributed by atoms with Crippen molar-refractivity contribution in [2.45, 2.75) is 19.8 Å². The van der Waals surface area contributed by atoms with Crippen molar-refractivity contribution in [2.75, 3.05) is 6.61 Å². The summed E-state index contributed by atoms with van der Waals surface area (Å²) in [6.45, 7) is 2.13. The quantitative estimate of drug-likeness (QED) is 0.777. The Bertz CT molecular complexity index is 511. The van der Waals surface area contributed by atoms with Crippen molar-refractivity contribution in [3.8, 4) is 0 Å². The number of aryl methyl sites for hydroxylation is 2. The fourth-order valence-corrected chi connectivity index (χ4v) is 2.26. The second kappa shape index (κ2) is 6.26. The van der Waals surface area contributed by atoms with Crippen molar-refractivity contribution in [1.82, 2.24) is 10.2 Å². The maximum atomic E-state index is 11.4. The molecule has 4 nitrogen and oxygen atoms in total. The molecular weight excluding hydrogens is 248 g/mol. The lowest BCUT2D eigenvalue weighted by atomic mass is 10.1. The number of carbonyl (C=O) groups excluding carboxylic acids is 1. The molecule has 0 atom stereocenters. The minimum atomic E-state index is -0.388. The minimum Gasteiger partial charge on any atom is -0.461 e. The van der Waals surface area contributed by atoms with Crippen molar-refractivity contribution in [3.63, 3.8) is 0 Å². The lowest BCUT2D eigenvalue weighted by Crippen LogP contribution is -2.03. The first-order valence-corrected chi connectivity index (χ1v) is 6.64. The van der Waals surface area contributed by atoms with E-state index in [0.29, 0.717) is 11.6 Å². The molecule has 0 aliphatic heterocycles. The zero-order valence-electron chi connectivity index (χ0n) is 10.1. The molecule has 0 aliphatic carbocycles. The van der Waals surface area contributed by atoms with Gasteiger partial charge in [0.2, 0.25) is 5.01 Å². The molecule has 1 heterocycles. The van der Waals surface area contributed by atoms with E-state index in [2.05, 4.69) is 22.3 Å². The number of ether oxygens (including phenoxy) is 1. The van der Waals surface area contributed by atoms with Gasteiger partial charge < -0.3 is 4.74 Å². The summed E-state index contributed by atoms with van der Waals surface area (Å²) in [5.41, 5.74) is 1.25. The molecule has 0 saturated carbocycles. The minimum absolute atomic E-state index is 0.333. The molecular formula is C13H14N2O2S. The van der Waals surface area contributed by atoms with Crippen LogP contribution >= 0.6 is 11.3 Å². The topological polar surface area (TPSA) is 52.1 Å². The molecule has 5 heteroatoms. The van der Waals surface area contributed by atoms with Crippen LogP contribution in [0.3, 0.4) is 0 Å². The van der Waals surface area contributed by atoms with Gasteiger partial charge in [-0.3, -0.25) is 0 Å². The number of nitrogens with zero attached hydrogens (tertiary/aromatic N) is 2. The Balaban J connectivity index is 1.93. The summed E-state index contributed by atoms with van der Waals surface area (Å²) < 4.78 is 4.87. The van der Waals surface area contributed by atoms with E-state index < -0.39 is 0 Å². The Morgan fingerprint density at radius 3 is 2.72 bits per heavy atom. The molecule has 0 bridgehead atoms. The predicted octanol–water partition coefficient (Wildman–Crippen LogP) is 2.50. The van der Waals surface area contributed by atoms with E-state index in [0.717, 1.165) is 17.8 Å². The third-order valence-corrected chi connectivity index (χ3v) is 3.35. The van der Waals surface area contributed by atoms with Gasteiger partial charge in [-0.15, -0.1) is 10.2 Å². The SMILES string of the molecule is CCOC(=O)c1nnc(CCc2ccccc2)s1. The second-order valence-corrected chi connectivity index (χ2v) is 4.77. The number of esters is 1. The van der Waals surface area contributed by atoms with Crippen molar-refractivity contribution in [3.05, 3.63) is 45.9 Å². The summed E-state index contributed by atoms with van der Waals surface area (Å²) in [5.74, 6) is -0.388. The van der Waals surface area contributed by atoms with Gasteiger partial charge in [-0.25, -0.2) is 4.79 Å². The number of aromatic nitrogens is 2. The summed E-state index contributed by atoms with van der Waals surface area (Å²) in [6.07, 6.45) is 1.69. The van der Waals surface area contributed by atoms with Gasteiger partial charge in [0.25, 0.3) is 0 Å². The van der Waals surface area contributed by atoms with Gasteiger partial charge >= 0.3 is 5.97 Å². The lowest BCUT2D eigenvalue weighted by Gasteiger charge is -1.97. The number of hydrogen-bond donors (Lipinski definition) is 0. The van der Waals surface area contributed by atoms with Crippen LogP contribution < -0.4 is 0 Å². The first-order chi connectivity index (χ1) is 8.79. The van der Waals surface area contributed by atoms with E-state index in [9.17, 15) is 4.79 Å². The fourth-order valence-electron chi connectivity index (χ4n) is 1.53. The van der Waals surface area contributed by atoms with Gasteiger partial charge in [0.05, 0.1) is 6.61 Å². The number of rotatable bonds is 5. The van der Waals surface area contributed by atoms with Crippen LogP contribution in [-0.4, -0.2) is 22.8 Å². The molecule has 1 aromatic carbocycles. The predicted molar refractivity (Wildman–Crippen MR) is 69.7 cm³/mol. The molecule has 0 radical (unpaired) electrons. The Kier molecular flexibility index (Phi) is 4.41. The summed E-state index contributed by atoms with van der Waals surface area (Å²) >= 11 is 1.30. The number of hydrogen-bond acceptors (Lipinski definition) is 5. The van der Waals surface area contributed by atoms with Crippen LogP contribution in [-0.2, 0) is 17.6 Å². The zero-order valence-corrected chi connectivity index (χ0v) is 10.9. The Hall–Kier alpha value is -1.75. The molecule has 18 heavy (non-hydrogen) atoms. The van der Waals surface area contributed by atoms with Crippen LogP contribution in [0.25, 0.3) is 0 Å². The van der Waals surface area contributed by atoms with Gasteiger partial charge in [-0.2, -0.15) is 0 Å². The first kappa shape index (κ1) is 12.7. The van der Waals surface area contributed by atoms with Gasteiger partial charge in [-0.05, 0) is 18.9 Å². The van der Waals surface area contributed by atoms with Crippen molar-refractivity contribution in [1.29, 1.82) is 0 Å². The van der Waals surface area contributed by atoms with E-state index >= 15 is 0 Å². The molecule has 94 valence electrons. The zero-order chi connectivity index (χ0) is 12.8. The average molecular weight is 262 g/mol. The molecule has 1 aromatic heterocycles. The molecule has 0 aliphatic rings. The van der Waals surface area contributed by atoms with E-state index in [4.69, 9.17) is 4.74 Å². The summed E-state index contributed by atoms with van der Waals surface area (Å²) in [5, 5.41) is 9.04. The molecule has 0 saturated heterocycles. The largest absolute Gasteiger partial charge is 0.461 e. The fraction of sp³-hybridized carbons (Fsp3) is 0.308. The summed E-state index contributed by atoms with van der Waals surface area (Å²) in [6, 6.07) is 10.2. The molecule has 0 unspecified atom stereocenters. The highest BCUT2D eigenvalue weighted by molar-refractivity contribution is 7.13. The normalized spacial score (nSPS) is 10.3. The average Bonchev–Trinajstić information content (AvgIpc) is 2.87. The number of carbonyl (C=O) groups is 1. The Labute approximate surface area is 110 Å². The third kappa shape index (κ3) is 3.37. The lowest BCUT2D eigenvalue weighted by molar-refractivity contribution is 0.0525. The first-order valence-electron chi connectivity index (χ1n) is 5.83. The van der Waals surface area contributed by atoms with Crippen molar-refractivity contribution < 1.29 is 9.53 Å². The van der Waals surface area contributed by atoms with Crippen molar-refractivity contribution in [2.24, 2.45) is 0 Å². The maximum absolute atomic E-state index is 11.4. The van der Waals surface area contributed by atoms with Crippen molar-refractivity contribution >= 4 is 17.3 Å². The highest BCUT2D eigenvalue weighted by Gasteiger charge is 2.13. The maximum Gasteiger partial charge on any atom is 0.369 e. The van der Waals surface area contributed by atoms with Crippen LogP contribution in [0.5, 0.6) is 0 Å². The highest BCUT2D eigenvalue weighted by atomic mass is 32.1. The smallest absolute Gasteiger partial charge is 0.369 e. The van der Waals surface area contributed by atoms with Gasteiger partial charge in [0.1, 0.15) is 5.01 Å². The van der Waals surface area contributed by atoms with Gasteiger partial charge in [-0.1, -0.05) is 41.7 Å². The standard InChI is InChI=1S/C13H14N2O2S/c1-2-17-13(16)12-15-14-11(18-12)9-8-10-6-4-3-5-7-10/h3-7H,2,8-9H2,1H3. The van der Waals surface area contributed by atoms with E-state index in [1.165, 1.54) is 16.9 Å². The van der Waals surface area contributed by atoms with Crippen LogP contribution in [0.15, 0.2) is 30.3 Å². The van der Waals surface area contributed by atoms with E-state index in [-0.39, 0.29) is 5.97 Å². The Morgan fingerprint density at radius 1 is 1.22 bits per heavy atom. The molecule has 0 N–H and O–H groups in total. The van der Waals surface area contributed by atoms with Crippen LogP contribution in [0, 0.1) is 0 Å². The van der Waals surface area contributed by atoms with Crippen LogP contribution in [0.1, 0.15) is 27.3 Å². The van der Waals surface area contributed by atoms with Crippen LogP contribution in [0.2, 0.25) is 0 Å². The second-order valence-electron chi connectivity index (χ2n) is 3.71. The van der Waals surface area contributed by atoms with E-state index in [1.54, 1.807) is 6.92 Å². The molecule has 0 fully saturated rings.